The number of hydrogen-bond acceptors (Lipinski definition) is 3. The van der Waals surface area contributed by atoms with Crippen molar-refractivity contribution >= 4 is 11.8 Å². The molecule has 3 rings (SSSR count). The van der Waals surface area contributed by atoms with Crippen LogP contribution in [-0.2, 0) is 17.1 Å². The third kappa shape index (κ3) is 4.43. The molecule has 5 nitrogen and oxygen atoms in total. The van der Waals surface area contributed by atoms with E-state index < -0.39 is 59.4 Å². The van der Waals surface area contributed by atoms with E-state index >= 15 is 0 Å². The quantitative estimate of drug-likeness (QED) is 0.684. The molecular formula is C21H18F6N2O3. The molecule has 0 aliphatic carbocycles. The van der Waals surface area contributed by atoms with Gasteiger partial charge in [-0.3, -0.25) is 9.59 Å². The summed E-state index contributed by atoms with van der Waals surface area (Å²) in [5.41, 5.74) is -3.30. The van der Waals surface area contributed by atoms with Gasteiger partial charge in [-0.05, 0) is 35.4 Å². The van der Waals surface area contributed by atoms with Gasteiger partial charge in [0.05, 0.1) is 29.7 Å². The van der Waals surface area contributed by atoms with Crippen LogP contribution in [0.5, 0.6) is 0 Å². The Balaban J connectivity index is 2.25. The maximum atomic E-state index is 13.4. The zero-order valence-corrected chi connectivity index (χ0v) is 16.6. The molecular weight excluding hydrogens is 442 g/mol. The Labute approximate surface area is 178 Å². The fourth-order valence-corrected chi connectivity index (χ4v) is 3.81. The second-order valence-corrected chi connectivity index (χ2v) is 7.28. The molecule has 2 aromatic carbocycles. The van der Waals surface area contributed by atoms with Crippen LogP contribution in [0.1, 0.15) is 44.6 Å². The topological polar surface area (TPSA) is 69.6 Å². The van der Waals surface area contributed by atoms with Crippen molar-refractivity contribution in [3.8, 4) is 0 Å². The van der Waals surface area contributed by atoms with Crippen LogP contribution in [0.2, 0.25) is 0 Å². The van der Waals surface area contributed by atoms with Gasteiger partial charge in [-0.1, -0.05) is 18.2 Å². The predicted octanol–water partition coefficient (Wildman–Crippen LogP) is 3.74. The fraction of sp³-hybridized carbons (Fsp3) is 0.333. The van der Waals surface area contributed by atoms with Crippen LogP contribution in [0.3, 0.4) is 0 Å². The Hall–Kier alpha value is -3.08. The first kappa shape index (κ1) is 23.6. The average molecular weight is 460 g/mol. The number of benzene rings is 2. The molecule has 172 valence electrons. The van der Waals surface area contributed by atoms with Gasteiger partial charge in [0.25, 0.3) is 5.91 Å². The van der Waals surface area contributed by atoms with Crippen LogP contribution >= 0.6 is 0 Å². The van der Waals surface area contributed by atoms with Crippen LogP contribution in [0.4, 0.5) is 26.3 Å². The number of hydrogen-bond donors (Lipinski definition) is 2. The van der Waals surface area contributed by atoms with Crippen LogP contribution in [-0.4, -0.2) is 42.0 Å². The molecule has 0 spiro atoms. The maximum absolute atomic E-state index is 13.4. The number of rotatable bonds is 4. The average Bonchev–Trinajstić information content (AvgIpc) is 2.72. The van der Waals surface area contributed by atoms with Crippen molar-refractivity contribution in [2.45, 2.75) is 24.3 Å². The Morgan fingerprint density at radius 1 is 1.03 bits per heavy atom. The highest BCUT2D eigenvalue weighted by molar-refractivity contribution is 6.01. The van der Waals surface area contributed by atoms with Gasteiger partial charge in [0, 0.05) is 19.2 Å². The number of aliphatic hydroxyl groups is 1. The van der Waals surface area contributed by atoms with E-state index in [2.05, 4.69) is 5.32 Å². The molecule has 1 heterocycles. The van der Waals surface area contributed by atoms with Crippen LogP contribution in [0.15, 0.2) is 42.5 Å². The minimum atomic E-state index is -5.08. The first-order chi connectivity index (χ1) is 14.9. The molecule has 0 saturated carbocycles. The Morgan fingerprint density at radius 2 is 1.59 bits per heavy atom. The molecule has 0 fully saturated rings. The normalized spacial score (nSPS) is 19.0. The van der Waals surface area contributed by atoms with Gasteiger partial charge >= 0.3 is 12.4 Å². The molecule has 11 heteroatoms. The third-order valence-electron chi connectivity index (χ3n) is 5.22. The van der Waals surface area contributed by atoms with E-state index in [0.717, 1.165) is 4.90 Å². The fourth-order valence-electron chi connectivity index (χ4n) is 3.81. The number of nitrogens with one attached hydrogen (secondary N) is 1. The van der Waals surface area contributed by atoms with Crippen molar-refractivity contribution < 1.29 is 41.0 Å². The highest BCUT2D eigenvalue weighted by atomic mass is 19.4. The number of nitrogens with zero attached hydrogens (tertiary/aromatic N) is 1. The van der Waals surface area contributed by atoms with Crippen molar-refractivity contribution in [1.29, 1.82) is 0 Å². The van der Waals surface area contributed by atoms with E-state index in [1.165, 1.54) is 31.3 Å². The zero-order chi connectivity index (χ0) is 23.8. The largest absolute Gasteiger partial charge is 0.416 e. The lowest BCUT2D eigenvalue weighted by atomic mass is 9.78. The number of alkyl halides is 6. The van der Waals surface area contributed by atoms with Gasteiger partial charge in [-0.2, -0.15) is 26.3 Å². The number of fused-ring (bicyclic) bond motifs is 1. The summed E-state index contributed by atoms with van der Waals surface area (Å²) in [4.78, 5) is 26.7. The van der Waals surface area contributed by atoms with Crippen LogP contribution in [0.25, 0.3) is 0 Å². The van der Waals surface area contributed by atoms with Gasteiger partial charge in [0.2, 0.25) is 5.91 Å². The summed E-state index contributed by atoms with van der Waals surface area (Å²) in [5.74, 6) is -2.70. The van der Waals surface area contributed by atoms with E-state index in [1.54, 1.807) is 0 Å². The molecule has 2 unspecified atom stereocenters. The number of carbonyl (C=O) groups excluding carboxylic acids is 2. The molecule has 0 bridgehead atoms. The minimum absolute atomic E-state index is 0.0110. The summed E-state index contributed by atoms with van der Waals surface area (Å²) < 4.78 is 80.3. The number of halogens is 6. The SMILES string of the molecule is CN1C(=O)c2ccccc2C(C(=O)NCCO)C1c1cc(C(F)(F)F)cc(C(F)(F)F)c1. The van der Waals surface area contributed by atoms with Gasteiger partial charge in [0.1, 0.15) is 0 Å². The number of likely N-dealkylation sites (N-methyl/N-ethyl adjacent to an activating group) is 1. The van der Waals surface area contributed by atoms with Crippen molar-refractivity contribution in [3.05, 3.63) is 70.3 Å². The maximum Gasteiger partial charge on any atom is 0.416 e. The first-order valence-corrected chi connectivity index (χ1v) is 9.40. The minimum Gasteiger partial charge on any atom is -0.395 e. The summed E-state index contributed by atoms with van der Waals surface area (Å²) >= 11 is 0. The molecule has 2 N–H and O–H groups in total. The monoisotopic (exact) mass is 460 g/mol. The van der Waals surface area contributed by atoms with Gasteiger partial charge in [-0.15, -0.1) is 0 Å². The zero-order valence-electron chi connectivity index (χ0n) is 16.6. The smallest absolute Gasteiger partial charge is 0.395 e. The molecule has 32 heavy (non-hydrogen) atoms. The van der Waals surface area contributed by atoms with E-state index in [4.69, 9.17) is 5.11 Å². The number of aliphatic hydroxyl groups excluding tert-OH is 1. The Kier molecular flexibility index (Phi) is 6.23. The highest BCUT2D eigenvalue weighted by Crippen LogP contribution is 2.45. The first-order valence-electron chi connectivity index (χ1n) is 9.40. The summed E-state index contributed by atoms with van der Waals surface area (Å²) in [7, 11) is 1.21. The molecule has 1 aliphatic heterocycles. The van der Waals surface area contributed by atoms with Crippen LogP contribution in [0, 0.1) is 0 Å². The summed E-state index contributed by atoms with van der Waals surface area (Å²) in [6, 6.07) is 5.46. The van der Waals surface area contributed by atoms with E-state index in [1.807, 2.05) is 0 Å². The highest BCUT2D eigenvalue weighted by Gasteiger charge is 2.45. The van der Waals surface area contributed by atoms with Gasteiger partial charge < -0.3 is 15.3 Å². The van der Waals surface area contributed by atoms with Crippen molar-refractivity contribution in [1.82, 2.24) is 10.2 Å². The predicted molar refractivity (Wildman–Crippen MR) is 101 cm³/mol. The summed E-state index contributed by atoms with van der Waals surface area (Å²) in [6.07, 6.45) is -10.2. The van der Waals surface area contributed by atoms with Gasteiger partial charge in [0.15, 0.2) is 0 Å². The third-order valence-corrected chi connectivity index (χ3v) is 5.22. The van der Waals surface area contributed by atoms with Gasteiger partial charge in [-0.25, -0.2) is 0 Å². The molecule has 0 aromatic heterocycles. The lowest BCUT2D eigenvalue weighted by Crippen LogP contribution is -2.46. The molecule has 1 aliphatic rings. The molecule has 0 radical (unpaired) electrons. The molecule has 0 saturated heterocycles. The van der Waals surface area contributed by atoms with Crippen LogP contribution < -0.4 is 5.32 Å². The van der Waals surface area contributed by atoms with E-state index in [0.29, 0.717) is 12.1 Å². The number of carbonyl (C=O) groups is 2. The number of amides is 2. The molecule has 2 atom stereocenters. The standard InChI is InChI=1S/C21H18F6N2O3/c1-29-17(11-8-12(20(22,23)24)10-13(9-11)21(25,26)27)16(18(31)28-6-7-30)14-4-2-3-5-15(14)19(29)32/h2-5,8-10,16-17,30H,6-7H2,1H3,(H,28,31). The Morgan fingerprint density at radius 3 is 2.12 bits per heavy atom. The van der Waals surface area contributed by atoms with Crippen molar-refractivity contribution in [2.75, 3.05) is 20.2 Å². The summed E-state index contributed by atoms with van der Waals surface area (Å²) in [5, 5.41) is 11.4. The summed E-state index contributed by atoms with van der Waals surface area (Å²) in [6.45, 7) is -0.612. The van der Waals surface area contributed by atoms with E-state index in [9.17, 15) is 35.9 Å². The van der Waals surface area contributed by atoms with E-state index in [-0.39, 0.29) is 23.7 Å². The van der Waals surface area contributed by atoms with Crippen molar-refractivity contribution in [2.24, 2.45) is 0 Å². The van der Waals surface area contributed by atoms with Crippen molar-refractivity contribution in [3.63, 3.8) is 0 Å². The molecule has 2 amide bonds. The molecule has 2 aromatic rings. The lowest BCUT2D eigenvalue weighted by Gasteiger charge is -2.40. The second-order valence-electron chi connectivity index (χ2n) is 7.28. The Bertz CT molecular complexity index is 1000. The lowest BCUT2D eigenvalue weighted by molar-refractivity contribution is -0.143. The second kappa shape index (κ2) is 8.45.